The zero-order chi connectivity index (χ0) is 18.4. The summed E-state index contributed by atoms with van der Waals surface area (Å²) in [4.78, 5) is 26.6. The van der Waals surface area contributed by atoms with Gasteiger partial charge in [0.25, 0.3) is 11.8 Å². The van der Waals surface area contributed by atoms with Crippen molar-refractivity contribution in [2.24, 2.45) is 0 Å². The van der Waals surface area contributed by atoms with Crippen molar-refractivity contribution in [3.63, 3.8) is 0 Å². The molecule has 0 aliphatic rings. The first-order valence-corrected chi connectivity index (χ1v) is 8.88. The van der Waals surface area contributed by atoms with E-state index in [2.05, 4.69) is 10.2 Å². The number of amides is 1. The Morgan fingerprint density at radius 2 is 2.19 bits per heavy atom. The molecule has 26 heavy (non-hydrogen) atoms. The van der Waals surface area contributed by atoms with Crippen LogP contribution in [0.25, 0.3) is 10.8 Å². The second kappa shape index (κ2) is 8.43. The lowest BCUT2D eigenvalue weighted by Gasteiger charge is -2.19. The fraction of sp³-hybridized carbons (Fsp3) is 0.294. The minimum atomic E-state index is -0.610. The van der Waals surface area contributed by atoms with Crippen LogP contribution in [0.3, 0.4) is 0 Å². The van der Waals surface area contributed by atoms with E-state index in [1.165, 1.54) is 34.8 Å². The standard InChI is InChI=1S/C17H17N3O5S/c1-2-6-20(15(21)11-24-17(22)12-5-7-23-10-12)9-14-18-19-16(25-14)13-4-3-8-26-13/h3-5,7-8,10H,2,6,9,11H2,1H3. The molecule has 9 heteroatoms. The van der Waals surface area contributed by atoms with E-state index in [0.29, 0.717) is 18.3 Å². The van der Waals surface area contributed by atoms with Crippen LogP contribution in [0.5, 0.6) is 0 Å². The van der Waals surface area contributed by atoms with Gasteiger partial charge in [-0.05, 0) is 23.9 Å². The Kier molecular flexibility index (Phi) is 5.80. The number of carbonyl (C=O) groups excluding carboxylic acids is 2. The second-order valence-electron chi connectivity index (χ2n) is 5.38. The molecule has 0 radical (unpaired) electrons. The number of carbonyl (C=O) groups is 2. The van der Waals surface area contributed by atoms with Crippen LogP contribution >= 0.6 is 11.3 Å². The first kappa shape index (κ1) is 17.9. The fourth-order valence-corrected chi connectivity index (χ4v) is 2.87. The average Bonchev–Trinajstić information content (AvgIpc) is 3.40. The third-order valence-electron chi connectivity index (χ3n) is 3.45. The third-order valence-corrected chi connectivity index (χ3v) is 4.31. The van der Waals surface area contributed by atoms with Gasteiger partial charge in [0, 0.05) is 6.54 Å². The maximum atomic E-state index is 12.4. The van der Waals surface area contributed by atoms with Crippen LogP contribution in [0.4, 0.5) is 0 Å². The molecule has 0 N–H and O–H groups in total. The Morgan fingerprint density at radius 1 is 1.31 bits per heavy atom. The molecule has 0 aromatic carbocycles. The van der Waals surface area contributed by atoms with Gasteiger partial charge in [0.05, 0.1) is 23.2 Å². The van der Waals surface area contributed by atoms with E-state index in [9.17, 15) is 9.59 Å². The summed E-state index contributed by atoms with van der Waals surface area (Å²) in [5.41, 5.74) is 0.261. The summed E-state index contributed by atoms with van der Waals surface area (Å²) in [5.74, 6) is -0.192. The highest BCUT2D eigenvalue weighted by molar-refractivity contribution is 7.13. The largest absolute Gasteiger partial charge is 0.472 e. The van der Waals surface area contributed by atoms with Gasteiger partial charge in [-0.3, -0.25) is 4.79 Å². The molecular weight excluding hydrogens is 358 g/mol. The number of ether oxygens (including phenoxy) is 1. The molecule has 3 aromatic rings. The summed E-state index contributed by atoms with van der Waals surface area (Å²) in [6.07, 6.45) is 3.37. The quantitative estimate of drug-likeness (QED) is 0.558. The highest BCUT2D eigenvalue weighted by Crippen LogP contribution is 2.23. The van der Waals surface area contributed by atoms with Crippen LogP contribution < -0.4 is 0 Å². The Balaban J connectivity index is 1.59. The summed E-state index contributed by atoms with van der Waals surface area (Å²) in [6.45, 7) is 2.23. The van der Waals surface area contributed by atoms with E-state index >= 15 is 0 Å². The maximum absolute atomic E-state index is 12.4. The van der Waals surface area contributed by atoms with Gasteiger partial charge in [-0.1, -0.05) is 13.0 Å². The van der Waals surface area contributed by atoms with Crippen LogP contribution in [0.1, 0.15) is 29.6 Å². The number of rotatable bonds is 8. The number of nitrogens with zero attached hydrogens (tertiary/aromatic N) is 3. The van der Waals surface area contributed by atoms with Crippen molar-refractivity contribution in [3.05, 3.63) is 47.6 Å². The molecule has 1 amide bonds. The molecule has 0 atom stereocenters. The van der Waals surface area contributed by atoms with E-state index in [0.717, 1.165) is 11.3 Å². The molecule has 3 rings (SSSR count). The first-order chi connectivity index (χ1) is 12.7. The number of hydrogen-bond acceptors (Lipinski definition) is 8. The number of esters is 1. The Hall–Kier alpha value is -2.94. The topological polar surface area (TPSA) is 98.7 Å². The van der Waals surface area contributed by atoms with Crippen LogP contribution in [0.2, 0.25) is 0 Å². The van der Waals surface area contributed by atoms with Crippen LogP contribution in [-0.4, -0.2) is 40.1 Å². The molecule has 0 saturated carbocycles. The lowest BCUT2D eigenvalue weighted by atomic mass is 10.3. The minimum Gasteiger partial charge on any atom is -0.472 e. The number of thiophene rings is 1. The highest BCUT2D eigenvalue weighted by Gasteiger charge is 2.20. The molecule has 0 aliphatic heterocycles. The average molecular weight is 375 g/mol. The number of hydrogen-bond donors (Lipinski definition) is 0. The molecule has 3 aromatic heterocycles. The normalized spacial score (nSPS) is 10.7. The van der Waals surface area contributed by atoms with Crippen LogP contribution in [0, 0.1) is 0 Å². The van der Waals surface area contributed by atoms with E-state index in [1.807, 2.05) is 24.4 Å². The van der Waals surface area contributed by atoms with Crippen molar-refractivity contribution in [2.45, 2.75) is 19.9 Å². The van der Waals surface area contributed by atoms with E-state index in [1.54, 1.807) is 0 Å². The second-order valence-corrected chi connectivity index (χ2v) is 6.33. The molecule has 0 aliphatic carbocycles. The first-order valence-electron chi connectivity index (χ1n) is 8.00. The molecule has 0 fully saturated rings. The van der Waals surface area contributed by atoms with E-state index in [-0.39, 0.29) is 24.6 Å². The van der Waals surface area contributed by atoms with E-state index < -0.39 is 5.97 Å². The molecule has 136 valence electrons. The Labute approximate surface area is 153 Å². The van der Waals surface area contributed by atoms with Gasteiger partial charge in [-0.15, -0.1) is 21.5 Å². The lowest BCUT2D eigenvalue weighted by Crippen LogP contribution is -2.35. The number of furan rings is 1. The van der Waals surface area contributed by atoms with Crippen LogP contribution in [-0.2, 0) is 16.1 Å². The summed E-state index contributed by atoms with van der Waals surface area (Å²) in [6, 6.07) is 5.25. The zero-order valence-electron chi connectivity index (χ0n) is 14.1. The predicted octanol–water partition coefficient (Wildman–Crippen LogP) is 2.99. The van der Waals surface area contributed by atoms with Gasteiger partial charge in [0.15, 0.2) is 6.61 Å². The third kappa shape index (κ3) is 4.37. The minimum absolute atomic E-state index is 0.161. The zero-order valence-corrected chi connectivity index (χ0v) is 14.9. The van der Waals surface area contributed by atoms with Crippen molar-refractivity contribution < 1.29 is 23.2 Å². The SMILES string of the molecule is CCCN(Cc1nnc(-c2cccs2)o1)C(=O)COC(=O)c1ccoc1. The number of aromatic nitrogens is 2. The summed E-state index contributed by atoms with van der Waals surface area (Å²) in [7, 11) is 0. The summed E-state index contributed by atoms with van der Waals surface area (Å²) in [5, 5.41) is 9.90. The highest BCUT2D eigenvalue weighted by atomic mass is 32.1. The Bertz CT molecular complexity index is 842. The summed E-state index contributed by atoms with van der Waals surface area (Å²) >= 11 is 1.49. The fourth-order valence-electron chi connectivity index (χ4n) is 2.22. The van der Waals surface area contributed by atoms with Crippen LogP contribution in [0.15, 0.2) is 44.9 Å². The summed E-state index contributed by atoms with van der Waals surface area (Å²) < 4.78 is 15.5. The maximum Gasteiger partial charge on any atom is 0.341 e. The van der Waals surface area contributed by atoms with Crippen molar-refractivity contribution >= 4 is 23.2 Å². The molecular formula is C17H17N3O5S. The Morgan fingerprint density at radius 3 is 2.88 bits per heavy atom. The van der Waals surface area contributed by atoms with Crippen molar-refractivity contribution in [2.75, 3.05) is 13.2 Å². The lowest BCUT2D eigenvalue weighted by molar-refractivity contribution is -0.135. The molecule has 0 saturated heterocycles. The predicted molar refractivity (Wildman–Crippen MR) is 92.3 cm³/mol. The van der Waals surface area contributed by atoms with Gasteiger partial charge < -0.3 is 18.5 Å². The molecule has 0 bridgehead atoms. The van der Waals surface area contributed by atoms with Gasteiger partial charge in [0.1, 0.15) is 6.26 Å². The smallest absolute Gasteiger partial charge is 0.341 e. The van der Waals surface area contributed by atoms with E-state index in [4.69, 9.17) is 13.6 Å². The van der Waals surface area contributed by atoms with Crippen molar-refractivity contribution in [1.29, 1.82) is 0 Å². The van der Waals surface area contributed by atoms with Crippen molar-refractivity contribution in [3.8, 4) is 10.8 Å². The van der Waals surface area contributed by atoms with Gasteiger partial charge in [-0.2, -0.15) is 0 Å². The molecule has 0 spiro atoms. The van der Waals surface area contributed by atoms with Gasteiger partial charge in [-0.25, -0.2) is 4.79 Å². The van der Waals surface area contributed by atoms with Crippen molar-refractivity contribution in [1.82, 2.24) is 15.1 Å². The molecule has 8 nitrogen and oxygen atoms in total. The van der Waals surface area contributed by atoms with Gasteiger partial charge in [0.2, 0.25) is 5.89 Å². The molecule has 0 unspecified atom stereocenters. The van der Waals surface area contributed by atoms with Gasteiger partial charge >= 0.3 is 5.97 Å². The monoisotopic (exact) mass is 375 g/mol. The molecule has 3 heterocycles.